The van der Waals surface area contributed by atoms with Crippen LogP contribution in [-0.4, -0.2) is 56.8 Å². The van der Waals surface area contributed by atoms with Crippen LogP contribution in [-0.2, 0) is 18.9 Å². The van der Waals surface area contributed by atoms with Gasteiger partial charge in [-0.2, -0.15) is 0 Å². The fourth-order valence-corrected chi connectivity index (χ4v) is 3.53. The quantitative estimate of drug-likeness (QED) is 0.525. The highest BCUT2D eigenvalue weighted by Gasteiger charge is 2.38. The van der Waals surface area contributed by atoms with E-state index in [-0.39, 0.29) is 25.8 Å². The zero-order valence-corrected chi connectivity index (χ0v) is 15.3. The second-order valence-electron chi connectivity index (χ2n) is 6.75. The number of aryl methyl sites for hydroxylation is 1. The summed E-state index contributed by atoms with van der Waals surface area (Å²) in [6, 6.07) is 3.75. The molecule has 26 heavy (non-hydrogen) atoms. The summed E-state index contributed by atoms with van der Waals surface area (Å²) in [4.78, 5) is 0. The average molecular weight is 366 g/mol. The number of hydrogen-bond acceptors (Lipinski definition) is 7. The summed E-state index contributed by atoms with van der Waals surface area (Å²) in [7, 11) is 0.507. The van der Waals surface area contributed by atoms with Gasteiger partial charge in [-0.25, -0.2) is 0 Å². The summed E-state index contributed by atoms with van der Waals surface area (Å²) in [6.07, 6.45) is 2.43. The van der Waals surface area contributed by atoms with Crippen LogP contribution in [0.15, 0.2) is 12.1 Å². The first-order valence-corrected chi connectivity index (χ1v) is 9.10. The van der Waals surface area contributed by atoms with Crippen molar-refractivity contribution in [2.75, 3.05) is 27.1 Å². The van der Waals surface area contributed by atoms with Crippen molar-refractivity contribution in [3.8, 4) is 5.75 Å². The first-order chi connectivity index (χ1) is 12.6. The monoisotopic (exact) mass is 366 g/mol. The molecule has 3 unspecified atom stereocenters. The van der Waals surface area contributed by atoms with Crippen molar-refractivity contribution in [2.45, 2.75) is 51.1 Å². The van der Waals surface area contributed by atoms with E-state index in [0.717, 1.165) is 30.4 Å². The maximum atomic E-state index is 10.3. The SMILES string of the molecule is COCOC(CO)CC1OB(O)c2cc(OC3CCCCO3)cc(C)c21. The number of benzene rings is 1. The van der Waals surface area contributed by atoms with Gasteiger partial charge in [-0.05, 0) is 48.5 Å². The smallest absolute Gasteiger partial charge is 0.465 e. The fraction of sp³-hybridized carbons (Fsp3) is 0.667. The minimum atomic E-state index is -1.02. The Morgan fingerprint density at radius 1 is 1.35 bits per heavy atom. The van der Waals surface area contributed by atoms with E-state index >= 15 is 0 Å². The van der Waals surface area contributed by atoms with Gasteiger partial charge in [-0.15, -0.1) is 0 Å². The number of ether oxygens (including phenoxy) is 4. The van der Waals surface area contributed by atoms with E-state index in [1.54, 1.807) is 0 Å². The molecule has 3 rings (SSSR count). The van der Waals surface area contributed by atoms with Crippen LogP contribution in [0.1, 0.15) is 42.9 Å². The van der Waals surface area contributed by atoms with Crippen LogP contribution in [0.3, 0.4) is 0 Å². The Kier molecular flexibility index (Phi) is 6.91. The molecule has 0 aliphatic carbocycles. The number of rotatable bonds is 8. The molecule has 3 atom stereocenters. The Labute approximate surface area is 154 Å². The molecule has 0 saturated carbocycles. The molecular formula is C18H27BO7. The third-order valence-corrected chi connectivity index (χ3v) is 4.78. The third-order valence-electron chi connectivity index (χ3n) is 4.78. The number of hydrogen-bond donors (Lipinski definition) is 2. The summed E-state index contributed by atoms with van der Waals surface area (Å²) >= 11 is 0. The molecule has 0 radical (unpaired) electrons. The summed E-state index contributed by atoms with van der Waals surface area (Å²) in [5.41, 5.74) is 2.59. The molecule has 0 spiro atoms. The van der Waals surface area contributed by atoms with Crippen LogP contribution >= 0.6 is 0 Å². The van der Waals surface area contributed by atoms with Crippen LogP contribution in [0.25, 0.3) is 0 Å². The summed E-state index contributed by atoms with van der Waals surface area (Å²) in [6.45, 7) is 2.63. The van der Waals surface area contributed by atoms with Crippen molar-refractivity contribution < 1.29 is 33.7 Å². The molecule has 7 nitrogen and oxygen atoms in total. The van der Waals surface area contributed by atoms with Gasteiger partial charge in [-0.3, -0.25) is 0 Å². The highest BCUT2D eigenvalue weighted by molar-refractivity contribution is 6.61. The van der Waals surface area contributed by atoms with Crippen molar-refractivity contribution in [3.63, 3.8) is 0 Å². The highest BCUT2D eigenvalue weighted by Crippen LogP contribution is 2.33. The van der Waals surface area contributed by atoms with Gasteiger partial charge in [0.15, 0.2) is 6.29 Å². The molecule has 1 saturated heterocycles. The van der Waals surface area contributed by atoms with Crippen molar-refractivity contribution >= 4 is 12.6 Å². The van der Waals surface area contributed by atoms with Crippen LogP contribution < -0.4 is 10.2 Å². The Morgan fingerprint density at radius 3 is 2.88 bits per heavy atom. The van der Waals surface area contributed by atoms with E-state index in [1.807, 2.05) is 19.1 Å². The number of aliphatic hydroxyl groups is 1. The van der Waals surface area contributed by atoms with E-state index in [1.165, 1.54) is 7.11 Å². The van der Waals surface area contributed by atoms with Crippen molar-refractivity contribution in [3.05, 3.63) is 23.3 Å². The van der Waals surface area contributed by atoms with Gasteiger partial charge in [-0.1, -0.05) is 0 Å². The van der Waals surface area contributed by atoms with Gasteiger partial charge in [0.05, 0.1) is 25.4 Å². The first kappa shape index (κ1) is 19.6. The maximum absolute atomic E-state index is 10.3. The third kappa shape index (κ3) is 4.57. The van der Waals surface area contributed by atoms with Gasteiger partial charge >= 0.3 is 7.12 Å². The molecular weight excluding hydrogens is 339 g/mol. The maximum Gasteiger partial charge on any atom is 0.492 e. The van der Waals surface area contributed by atoms with Gasteiger partial charge < -0.3 is 33.7 Å². The lowest BCUT2D eigenvalue weighted by molar-refractivity contribution is -0.105. The predicted octanol–water partition coefficient (Wildman–Crippen LogP) is 1.03. The molecule has 1 aromatic rings. The van der Waals surface area contributed by atoms with Crippen LogP contribution in [0.4, 0.5) is 0 Å². The van der Waals surface area contributed by atoms with Gasteiger partial charge in [0.25, 0.3) is 0 Å². The summed E-state index contributed by atoms with van der Waals surface area (Å²) in [5, 5.41) is 19.8. The minimum absolute atomic E-state index is 0.0977. The number of methoxy groups -OCH3 is 1. The van der Waals surface area contributed by atoms with Crippen LogP contribution in [0.5, 0.6) is 5.75 Å². The molecule has 144 valence electrons. The Hall–Kier alpha value is -1.16. The lowest BCUT2D eigenvalue weighted by Crippen LogP contribution is -2.30. The van der Waals surface area contributed by atoms with Crippen LogP contribution in [0.2, 0.25) is 0 Å². The van der Waals surface area contributed by atoms with Crippen molar-refractivity contribution in [1.29, 1.82) is 0 Å². The van der Waals surface area contributed by atoms with E-state index in [9.17, 15) is 10.1 Å². The van der Waals surface area contributed by atoms with Crippen molar-refractivity contribution in [2.24, 2.45) is 0 Å². The Bertz CT molecular complexity index is 591. The second kappa shape index (κ2) is 9.17. The fourth-order valence-electron chi connectivity index (χ4n) is 3.53. The largest absolute Gasteiger partial charge is 0.492 e. The standard InChI is InChI=1S/C18H27BO7/c1-12-7-13(25-17-5-3-4-6-23-17)8-15-18(12)16(26-19(15)21)9-14(10-20)24-11-22-2/h7-8,14,16-17,20-21H,3-6,9-11H2,1-2H3. The van der Waals surface area contributed by atoms with Crippen LogP contribution in [0, 0.1) is 6.92 Å². The molecule has 2 heterocycles. The first-order valence-electron chi connectivity index (χ1n) is 9.10. The van der Waals surface area contributed by atoms with Gasteiger partial charge in [0.1, 0.15) is 12.5 Å². The molecule has 2 aliphatic rings. The zero-order chi connectivity index (χ0) is 18.5. The zero-order valence-electron chi connectivity index (χ0n) is 15.3. The topological polar surface area (TPSA) is 86.6 Å². The molecule has 2 aliphatic heterocycles. The average Bonchev–Trinajstić information content (AvgIpc) is 2.95. The Balaban J connectivity index is 1.73. The highest BCUT2D eigenvalue weighted by atomic mass is 16.7. The molecule has 8 heteroatoms. The molecule has 0 amide bonds. The lowest BCUT2D eigenvalue weighted by atomic mass is 9.77. The molecule has 0 bridgehead atoms. The van der Waals surface area contributed by atoms with E-state index in [2.05, 4.69) is 0 Å². The summed E-state index contributed by atoms with van der Waals surface area (Å²) in [5.74, 6) is 0.672. The Morgan fingerprint density at radius 2 is 2.19 bits per heavy atom. The molecule has 1 fully saturated rings. The normalized spacial score (nSPS) is 23.8. The minimum Gasteiger partial charge on any atom is -0.465 e. The van der Waals surface area contributed by atoms with E-state index in [4.69, 9.17) is 23.6 Å². The molecule has 1 aromatic carbocycles. The number of aliphatic hydroxyl groups excluding tert-OH is 1. The van der Waals surface area contributed by atoms with Gasteiger partial charge in [0, 0.05) is 20.0 Å². The molecule has 0 aromatic heterocycles. The lowest BCUT2D eigenvalue weighted by Gasteiger charge is -2.24. The molecule has 2 N–H and O–H groups in total. The van der Waals surface area contributed by atoms with Gasteiger partial charge in [0.2, 0.25) is 0 Å². The van der Waals surface area contributed by atoms with E-state index in [0.29, 0.717) is 24.2 Å². The summed E-state index contributed by atoms with van der Waals surface area (Å²) < 4.78 is 27.6. The number of fused-ring (bicyclic) bond motifs is 1. The van der Waals surface area contributed by atoms with E-state index < -0.39 is 13.2 Å². The predicted molar refractivity (Wildman–Crippen MR) is 95.3 cm³/mol. The van der Waals surface area contributed by atoms with Crippen molar-refractivity contribution in [1.82, 2.24) is 0 Å². The second-order valence-corrected chi connectivity index (χ2v) is 6.75.